The molecular weight excluding hydrogens is 331 g/mol. The van der Waals surface area contributed by atoms with Crippen LogP contribution in [0.5, 0.6) is 0 Å². The third-order valence-electron chi connectivity index (χ3n) is 4.19. The van der Waals surface area contributed by atoms with Gasteiger partial charge in [0.15, 0.2) is 0 Å². The molecule has 0 aliphatic carbocycles. The summed E-state index contributed by atoms with van der Waals surface area (Å²) in [7, 11) is 0. The third-order valence-corrected chi connectivity index (χ3v) is 4.19. The molecule has 0 bridgehead atoms. The number of rotatable bonds is 8. The van der Waals surface area contributed by atoms with E-state index >= 15 is 0 Å². The molecule has 1 aromatic carbocycles. The second kappa shape index (κ2) is 8.18. The van der Waals surface area contributed by atoms with Crippen LogP contribution >= 0.6 is 0 Å². The van der Waals surface area contributed by atoms with Crippen molar-refractivity contribution in [2.24, 2.45) is 11.7 Å². The van der Waals surface area contributed by atoms with Crippen LogP contribution in [-0.2, 0) is 17.4 Å². The van der Waals surface area contributed by atoms with Crippen molar-refractivity contribution in [1.29, 1.82) is 0 Å². The number of benzene rings is 1. The van der Waals surface area contributed by atoms with Crippen molar-refractivity contribution in [3.8, 4) is 11.3 Å². The van der Waals surface area contributed by atoms with Crippen LogP contribution in [0.3, 0.4) is 0 Å². The Morgan fingerprint density at radius 1 is 1.20 bits per heavy atom. The number of aromatic amines is 1. The van der Waals surface area contributed by atoms with Crippen LogP contribution in [0.15, 0.2) is 30.5 Å². The summed E-state index contributed by atoms with van der Waals surface area (Å²) in [4.78, 5) is 18.4. The predicted molar refractivity (Wildman–Crippen MR) is 89.6 cm³/mol. The molecule has 0 fully saturated rings. The first-order chi connectivity index (χ1) is 11.8. The van der Waals surface area contributed by atoms with Crippen molar-refractivity contribution >= 4 is 5.91 Å². The molecule has 2 aromatic rings. The molecule has 1 amide bonds. The summed E-state index contributed by atoms with van der Waals surface area (Å²) in [5.74, 6) is 0.431. The van der Waals surface area contributed by atoms with E-state index in [1.165, 1.54) is 12.1 Å². The smallest absolute Gasteiger partial charge is 0.369 e. The average molecular weight is 353 g/mol. The summed E-state index contributed by atoms with van der Waals surface area (Å²) in [6, 6.07) is 5.00. The topological polar surface area (TPSA) is 71.8 Å². The number of unbranched alkanes of at least 4 members (excludes halogenated alkanes) is 2. The molecule has 2 rings (SSSR count). The number of amides is 1. The van der Waals surface area contributed by atoms with Crippen molar-refractivity contribution in [3.05, 3.63) is 41.9 Å². The Hall–Kier alpha value is -2.31. The number of carbonyl (C=O) groups excluding carboxylic acids is 1. The number of nitrogens with two attached hydrogens (primary N) is 1. The fourth-order valence-electron chi connectivity index (χ4n) is 2.54. The van der Waals surface area contributed by atoms with Gasteiger partial charge in [-0.05, 0) is 30.5 Å². The third kappa shape index (κ3) is 5.62. The molecule has 0 saturated heterocycles. The van der Waals surface area contributed by atoms with Crippen LogP contribution in [0.2, 0.25) is 0 Å². The van der Waals surface area contributed by atoms with Crippen molar-refractivity contribution in [3.63, 3.8) is 0 Å². The molecule has 136 valence electrons. The normalized spacial score (nSPS) is 13.0. The second-order valence-electron chi connectivity index (χ2n) is 6.22. The van der Waals surface area contributed by atoms with Gasteiger partial charge in [-0.15, -0.1) is 0 Å². The van der Waals surface area contributed by atoms with E-state index in [9.17, 15) is 18.0 Å². The molecule has 1 unspecified atom stereocenters. The molecule has 0 radical (unpaired) electrons. The van der Waals surface area contributed by atoms with Crippen molar-refractivity contribution in [2.45, 2.75) is 45.2 Å². The first kappa shape index (κ1) is 19.0. The zero-order chi connectivity index (χ0) is 18.4. The number of hydrogen-bond acceptors (Lipinski definition) is 2. The van der Waals surface area contributed by atoms with Gasteiger partial charge >= 0.3 is 6.18 Å². The minimum Gasteiger partial charge on any atom is -0.369 e. The van der Waals surface area contributed by atoms with Gasteiger partial charge in [0.1, 0.15) is 5.82 Å². The van der Waals surface area contributed by atoms with Gasteiger partial charge in [-0.25, -0.2) is 4.98 Å². The van der Waals surface area contributed by atoms with Crippen LogP contribution < -0.4 is 5.73 Å². The number of carbonyl (C=O) groups is 1. The van der Waals surface area contributed by atoms with Crippen LogP contribution in [0.25, 0.3) is 11.3 Å². The van der Waals surface area contributed by atoms with E-state index in [4.69, 9.17) is 5.73 Å². The molecule has 0 aliphatic rings. The quantitative estimate of drug-likeness (QED) is 0.694. The maximum Gasteiger partial charge on any atom is 0.416 e. The van der Waals surface area contributed by atoms with E-state index in [1.54, 1.807) is 6.20 Å². The molecule has 0 spiro atoms. The highest BCUT2D eigenvalue weighted by molar-refractivity contribution is 5.76. The largest absolute Gasteiger partial charge is 0.416 e. The average Bonchev–Trinajstić information content (AvgIpc) is 3.02. The lowest BCUT2D eigenvalue weighted by molar-refractivity contribution is -0.137. The van der Waals surface area contributed by atoms with Crippen LogP contribution in [0.4, 0.5) is 13.2 Å². The van der Waals surface area contributed by atoms with E-state index in [0.717, 1.165) is 50.1 Å². The highest BCUT2D eigenvalue weighted by Gasteiger charge is 2.30. The molecule has 1 heterocycles. The lowest BCUT2D eigenvalue weighted by Gasteiger charge is -2.06. The molecule has 1 atom stereocenters. The Morgan fingerprint density at radius 3 is 2.48 bits per heavy atom. The van der Waals surface area contributed by atoms with Gasteiger partial charge in [0.05, 0.1) is 17.5 Å². The van der Waals surface area contributed by atoms with Crippen molar-refractivity contribution < 1.29 is 18.0 Å². The van der Waals surface area contributed by atoms with Gasteiger partial charge in [0.25, 0.3) is 0 Å². The number of H-pyrrole nitrogens is 1. The Bertz CT molecular complexity index is 692. The second-order valence-corrected chi connectivity index (χ2v) is 6.22. The highest BCUT2D eigenvalue weighted by Crippen LogP contribution is 2.30. The summed E-state index contributed by atoms with van der Waals surface area (Å²) in [6.07, 6.45) is 1.66. The van der Waals surface area contributed by atoms with Gasteiger partial charge in [-0.3, -0.25) is 4.79 Å². The molecule has 3 N–H and O–H groups in total. The van der Waals surface area contributed by atoms with Crippen LogP contribution in [0.1, 0.15) is 44.0 Å². The fraction of sp³-hybridized carbons (Fsp3) is 0.444. The molecule has 7 heteroatoms. The number of alkyl halides is 3. The van der Waals surface area contributed by atoms with Gasteiger partial charge in [-0.1, -0.05) is 31.9 Å². The van der Waals surface area contributed by atoms with E-state index in [-0.39, 0.29) is 11.8 Å². The van der Waals surface area contributed by atoms with E-state index in [2.05, 4.69) is 9.97 Å². The lowest BCUT2D eigenvalue weighted by Crippen LogP contribution is -2.20. The molecule has 25 heavy (non-hydrogen) atoms. The van der Waals surface area contributed by atoms with Crippen LogP contribution in [-0.4, -0.2) is 15.9 Å². The molecule has 0 aliphatic heterocycles. The number of aromatic nitrogens is 2. The minimum atomic E-state index is -4.33. The molecule has 4 nitrogen and oxygen atoms in total. The standard InChI is InChI=1S/C18H22F3N3O/c1-12(17(22)25)5-3-2-4-6-16-23-11-15(24-16)13-7-9-14(10-8-13)18(19,20)21/h7-12H,2-6H2,1H3,(H2,22,25)(H,23,24). The first-order valence-electron chi connectivity index (χ1n) is 8.28. The highest BCUT2D eigenvalue weighted by atomic mass is 19.4. The summed E-state index contributed by atoms with van der Waals surface area (Å²) in [5.41, 5.74) is 5.92. The van der Waals surface area contributed by atoms with Gasteiger partial charge in [0, 0.05) is 12.3 Å². The Balaban J connectivity index is 1.83. The van der Waals surface area contributed by atoms with E-state index in [1.807, 2.05) is 6.92 Å². The zero-order valence-electron chi connectivity index (χ0n) is 14.1. The summed E-state index contributed by atoms with van der Waals surface area (Å²) in [5, 5.41) is 0. The minimum absolute atomic E-state index is 0.102. The number of nitrogens with zero attached hydrogens (tertiary/aromatic N) is 1. The zero-order valence-corrected chi connectivity index (χ0v) is 14.1. The number of primary amides is 1. The number of halogens is 3. The SMILES string of the molecule is CC(CCCCCc1ncc(-c2ccc(C(F)(F)F)cc2)[nH]1)C(N)=O. The Kier molecular flexibility index (Phi) is 6.22. The van der Waals surface area contributed by atoms with Crippen molar-refractivity contribution in [2.75, 3.05) is 0 Å². The number of nitrogens with one attached hydrogen (secondary N) is 1. The number of aryl methyl sites for hydroxylation is 1. The van der Waals surface area contributed by atoms with E-state index in [0.29, 0.717) is 11.3 Å². The predicted octanol–water partition coefficient (Wildman–Crippen LogP) is 4.32. The summed E-state index contributed by atoms with van der Waals surface area (Å²) in [6.45, 7) is 1.82. The number of imidazole rings is 1. The lowest BCUT2D eigenvalue weighted by atomic mass is 10.0. The van der Waals surface area contributed by atoms with Gasteiger partial charge in [-0.2, -0.15) is 13.2 Å². The van der Waals surface area contributed by atoms with Gasteiger partial charge in [0.2, 0.25) is 5.91 Å². The Morgan fingerprint density at radius 2 is 1.88 bits per heavy atom. The monoisotopic (exact) mass is 353 g/mol. The van der Waals surface area contributed by atoms with E-state index < -0.39 is 11.7 Å². The molecular formula is C18H22F3N3O. The Labute approximate surface area is 144 Å². The summed E-state index contributed by atoms with van der Waals surface area (Å²) < 4.78 is 37.7. The first-order valence-corrected chi connectivity index (χ1v) is 8.28. The van der Waals surface area contributed by atoms with Crippen molar-refractivity contribution in [1.82, 2.24) is 9.97 Å². The van der Waals surface area contributed by atoms with Gasteiger partial charge < -0.3 is 10.7 Å². The molecule has 0 saturated carbocycles. The maximum absolute atomic E-state index is 12.6. The molecule has 1 aromatic heterocycles. The summed E-state index contributed by atoms with van der Waals surface area (Å²) >= 11 is 0. The fourth-order valence-corrected chi connectivity index (χ4v) is 2.54. The maximum atomic E-state index is 12.6. The number of hydrogen-bond donors (Lipinski definition) is 2. The van der Waals surface area contributed by atoms with Crippen LogP contribution in [0, 0.1) is 5.92 Å².